The minimum Gasteiger partial charge on any atom is -0.495 e. The largest absolute Gasteiger partial charge is 0.495 e. The van der Waals surface area contributed by atoms with Crippen LogP contribution in [0.2, 0.25) is 0 Å². The molecule has 5 nitrogen and oxygen atoms in total. The summed E-state index contributed by atoms with van der Waals surface area (Å²) < 4.78 is 28.9. The van der Waals surface area contributed by atoms with E-state index < -0.39 is 9.05 Å². The number of hydrogen-bond donors (Lipinski definition) is 0. The zero-order valence-corrected chi connectivity index (χ0v) is 9.29. The SMILES string of the molecule is COc1cc2nccn2cc1S(=O)(=O)Cl. The maximum atomic E-state index is 11.2. The van der Waals surface area contributed by atoms with Gasteiger partial charge in [0.1, 0.15) is 16.3 Å². The van der Waals surface area contributed by atoms with Crippen molar-refractivity contribution in [3.8, 4) is 5.75 Å². The van der Waals surface area contributed by atoms with Crippen molar-refractivity contribution in [2.45, 2.75) is 4.90 Å². The first-order valence-electron chi connectivity index (χ1n) is 3.98. The number of ether oxygens (including phenoxy) is 1. The van der Waals surface area contributed by atoms with Gasteiger partial charge >= 0.3 is 0 Å². The molecule has 0 N–H and O–H groups in total. The van der Waals surface area contributed by atoms with E-state index in [2.05, 4.69) is 4.98 Å². The summed E-state index contributed by atoms with van der Waals surface area (Å²) in [5, 5.41) is 0. The molecular formula is C8H7ClN2O3S. The van der Waals surface area contributed by atoms with Gasteiger partial charge in [0.25, 0.3) is 9.05 Å². The molecule has 2 rings (SSSR count). The Labute approximate surface area is 90.7 Å². The molecule has 80 valence electrons. The van der Waals surface area contributed by atoms with Crippen molar-refractivity contribution in [3.63, 3.8) is 0 Å². The van der Waals surface area contributed by atoms with Crippen molar-refractivity contribution < 1.29 is 13.2 Å². The fourth-order valence-electron chi connectivity index (χ4n) is 1.27. The first-order chi connectivity index (χ1) is 7.02. The van der Waals surface area contributed by atoms with E-state index in [0.717, 1.165) is 0 Å². The summed E-state index contributed by atoms with van der Waals surface area (Å²) in [5.74, 6) is 0.184. The summed E-state index contributed by atoms with van der Waals surface area (Å²) in [6.45, 7) is 0. The maximum absolute atomic E-state index is 11.2. The third-order valence-electron chi connectivity index (χ3n) is 1.94. The van der Waals surface area contributed by atoms with Gasteiger partial charge in [-0.15, -0.1) is 0 Å². The lowest BCUT2D eigenvalue weighted by molar-refractivity contribution is 0.402. The van der Waals surface area contributed by atoms with Gasteiger partial charge in [-0.25, -0.2) is 13.4 Å². The van der Waals surface area contributed by atoms with Crippen LogP contribution in [0.3, 0.4) is 0 Å². The van der Waals surface area contributed by atoms with E-state index in [1.54, 1.807) is 16.8 Å². The number of fused-ring (bicyclic) bond motifs is 1. The minimum atomic E-state index is -3.82. The van der Waals surface area contributed by atoms with Gasteiger partial charge in [0.05, 0.1) is 7.11 Å². The molecule has 0 fully saturated rings. The first kappa shape index (κ1) is 10.3. The lowest BCUT2D eigenvalue weighted by Crippen LogP contribution is -1.99. The van der Waals surface area contributed by atoms with E-state index in [4.69, 9.17) is 15.4 Å². The number of imidazole rings is 1. The summed E-state index contributed by atoms with van der Waals surface area (Å²) >= 11 is 0. The second kappa shape index (κ2) is 3.39. The normalized spacial score (nSPS) is 11.9. The molecule has 0 amide bonds. The van der Waals surface area contributed by atoms with Crippen molar-refractivity contribution in [2.75, 3.05) is 7.11 Å². The van der Waals surface area contributed by atoms with E-state index in [1.165, 1.54) is 19.4 Å². The third kappa shape index (κ3) is 1.78. The standard InChI is InChI=1S/C8H7ClN2O3S/c1-14-6-4-8-10-2-3-11(8)5-7(6)15(9,12)13/h2-5H,1H3. The number of pyridine rings is 1. The van der Waals surface area contributed by atoms with Crippen LogP contribution in [0.1, 0.15) is 0 Å². The van der Waals surface area contributed by atoms with Gasteiger partial charge < -0.3 is 9.14 Å². The summed E-state index contributed by atoms with van der Waals surface area (Å²) in [4.78, 5) is 3.92. The number of methoxy groups -OCH3 is 1. The number of rotatable bonds is 2. The zero-order chi connectivity index (χ0) is 11.1. The molecule has 0 aliphatic carbocycles. The van der Waals surface area contributed by atoms with Gasteiger partial charge in [0.2, 0.25) is 0 Å². The highest BCUT2D eigenvalue weighted by atomic mass is 35.7. The van der Waals surface area contributed by atoms with E-state index in [-0.39, 0.29) is 10.6 Å². The van der Waals surface area contributed by atoms with E-state index >= 15 is 0 Å². The van der Waals surface area contributed by atoms with E-state index in [1.807, 2.05) is 0 Å². The molecule has 0 aliphatic rings. The number of hydrogen-bond acceptors (Lipinski definition) is 4. The molecule has 0 spiro atoms. The van der Waals surface area contributed by atoms with Crippen LogP contribution < -0.4 is 4.74 Å². The van der Waals surface area contributed by atoms with E-state index in [0.29, 0.717) is 5.65 Å². The van der Waals surface area contributed by atoms with Crippen LogP contribution in [-0.2, 0) is 9.05 Å². The quantitative estimate of drug-likeness (QED) is 0.749. The van der Waals surface area contributed by atoms with Crippen molar-refractivity contribution in [3.05, 3.63) is 24.7 Å². The fourth-order valence-corrected chi connectivity index (χ4v) is 2.24. The van der Waals surface area contributed by atoms with Crippen LogP contribution >= 0.6 is 10.7 Å². The van der Waals surface area contributed by atoms with Crippen molar-refractivity contribution in [1.29, 1.82) is 0 Å². The average Bonchev–Trinajstić information content (AvgIpc) is 2.60. The molecule has 0 saturated carbocycles. The predicted molar refractivity (Wildman–Crippen MR) is 54.8 cm³/mol. The van der Waals surface area contributed by atoms with Gasteiger partial charge in [-0.2, -0.15) is 0 Å². The zero-order valence-electron chi connectivity index (χ0n) is 7.71. The number of nitrogens with zero attached hydrogens (tertiary/aromatic N) is 2. The Morgan fingerprint density at radius 1 is 1.53 bits per heavy atom. The average molecular weight is 247 g/mol. The van der Waals surface area contributed by atoms with Crippen LogP contribution in [0, 0.1) is 0 Å². The monoisotopic (exact) mass is 246 g/mol. The second-order valence-electron chi connectivity index (χ2n) is 2.84. The summed E-state index contributed by atoms with van der Waals surface area (Å²) in [6.07, 6.45) is 4.54. The number of halogens is 1. The summed E-state index contributed by atoms with van der Waals surface area (Å²) in [5.41, 5.74) is 0.593. The Balaban J connectivity index is 2.81. The van der Waals surface area contributed by atoms with Gasteiger partial charge in [-0.05, 0) is 0 Å². The summed E-state index contributed by atoms with van der Waals surface area (Å²) in [7, 11) is 2.83. The van der Waals surface area contributed by atoms with Crippen LogP contribution in [0.25, 0.3) is 5.65 Å². The highest BCUT2D eigenvalue weighted by Crippen LogP contribution is 2.27. The Hall–Kier alpha value is -1.27. The van der Waals surface area contributed by atoms with Gasteiger partial charge in [-0.3, -0.25) is 0 Å². The Morgan fingerprint density at radius 3 is 2.87 bits per heavy atom. The third-order valence-corrected chi connectivity index (χ3v) is 3.27. The Morgan fingerprint density at radius 2 is 2.27 bits per heavy atom. The maximum Gasteiger partial charge on any atom is 0.266 e. The molecule has 0 aliphatic heterocycles. The molecule has 0 aromatic carbocycles. The lowest BCUT2D eigenvalue weighted by atomic mass is 10.4. The van der Waals surface area contributed by atoms with Crippen molar-refractivity contribution >= 4 is 25.4 Å². The molecule has 15 heavy (non-hydrogen) atoms. The van der Waals surface area contributed by atoms with Crippen LogP contribution in [0.15, 0.2) is 29.6 Å². The highest BCUT2D eigenvalue weighted by Gasteiger charge is 2.18. The molecule has 0 unspecified atom stereocenters. The topological polar surface area (TPSA) is 60.7 Å². The van der Waals surface area contributed by atoms with Crippen LogP contribution in [0.4, 0.5) is 0 Å². The molecule has 2 aromatic rings. The molecule has 0 saturated heterocycles. The van der Waals surface area contributed by atoms with Crippen molar-refractivity contribution in [2.24, 2.45) is 0 Å². The summed E-state index contributed by atoms with van der Waals surface area (Å²) in [6, 6.07) is 1.51. The number of aromatic nitrogens is 2. The van der Waals surface area contributed by atoms with Crippen LogP contribution in [0.5, 0.6) is 5.75 Å². The minimum absolute atomic E-state index is 0.0721. The van der Waals surface area contributed by atoms with Crippen molar-refractivity contribution in [1.82, 2.24) is 9.38 Å². The van der Waals surface area contributed by atoms with Gasteiger partial charge in [0, 0.05) is 35.3 Å². The lowest BCUT2D eigenvalue weighted by Gasteiger charge is -2.05. The molecule has 2 aromatic heterocycles. The molecule has 2 heterocycles. The molecule has 0 bridgehead atoms. The Bertz CT molecular complexity index is 605. The molecule has 7 heteroatoms. The Kier molecular flexibility index (Phi) is 2.32. The second-order valence-corrected chi connectivity index (χ2v) is 5.37. The molecule has 0 atom stereocenters. The van der Waals surface area contributed by atoms with Crippen LogP contribution in [-0.4, -0.2) is 24.9 Å². The highest BCUT2D eigenvalue weighted by molar-refractivity contribution is 8.13. The van der Waals surface area contributed by atoms with E-state index in [9.17, 15) is 8.42 Å². The fraction of sp³-hybridized carbons (Fsp3) is 0.125. The smallest absolute Gasteiger partial charge is 0.266 e. The van der Waals surface area contributed by atoms with Gasteiger partial charge in [0.15, 0.2) is 0 Å². The van der Waals surface area contributed by atoms with Gasteiger partial charge in [-0.1, -0.05) is 0 Å². The molecular weight excluding hydrogens is 240 g/mol. The predicted octanol–water partition coefficient (Wildman–Crippen LogP) is 1.27. The first-order valence-corrected chi connectivity index (χ1v) is 6.28. The molecule has 0 radical (unpaired) electrons.